The van der Waals surface area contributed by atoms with Gasteiger partial charge in [-0.2, -0.15) is 0 Å². The van der Waals surface area contributed by atoms with Crippen molar-refractivity contribution in [3.05, 3.63) is 0 Å². The summed E-state index contributed by atoms with van der Waals surface area (Å²) in [5, 5.41) is 22.5. The van der Waals surface area contributed by atoms with Crippen molar-refractivity contribution in [1.29, 1.82) is 0 Å². The van der Waals surface area contributed by atoms with E-state index in [9.17, 15) is 10.2 Å². The van der Waals surface area contributed by atoms with Crippen LogP contribution in [0.5, 0.6) is 0 Å². The van der Waals surface area contributed by atoms with Gasteiger partial charge in [0, 0.05) is 13.2 Å². The second-order valence-electron chi connectivity index (χ2n) is 4.62. The number of ether oxygens (including phenoxy) is 1. The van der Waals surface area contributed by atoms with E-state index in [1.54, 1.807) is 0 Å². The molecule has 1 saturated heterocycles. The van der Waals surface area contributed by atoms with Crippen LogP contribution in [-0.4, -0.2) is 73.8 Å². The lowest BCUT2D eigenvalue weighted by molar-refractivity contribution is -0.0440. The van der Waals surface area contributed by atoms with Crippen molar-refractivity contribution in [3.8, 4) is 0 Å². The predicted molar refractivity (Wildman–Crippen MR) is 62.4 cm³/mol. The minimum Gasteiger partial charge on any atom is -0.390 e. The summed E-state index contributed by atoms with van der Waals surface area (Å²) in [7, 11) is 4.08. The number of nitrogens with one attached hydrogen (secondary N) is 1. The van der Waals surface area contributed by atoms with Gasteiger partial charge < -0.3 is 25.2 Å². The summed E-state index contributed by atoms with van der Waals surface area (Å²) in [6.45, 7) is 2.93. The van der Waals surface area contributed by atoms with Crippen LogP contribution in [0.3, 0.4) is 0 Å². The molecule has 0 aromatic rings. The number of aliphatic hydroxyl groups excluding tert-OH is 2. The summed E-state index contributed by atoms with van der Waals surface area (Å²) in [5.41, 5.74) is 0. The second-order valence-corrected chi connectivity index (χ2v) is 4.62. The lowest BCUT2D eigenvalue weighted by Gasteiger charge is -2.21. The molecule has 0 radical (unpaired) electrons. The van der Waals surface area contributed by atoms with Crippen molar-refractivity contribution < 1.29 is 14.9 Å². The molecule has 0 spiro atoms. The Morgan fingerprint density at radius 3 is 2.81 bits per heavy atom. The summed E-state index contributed by atoms with van der Waals surface area (Å²) < 4.78 is 5.27. The lowest BCUT2D eigenvalue weighted by atomic mass is 10.1. The van der Waals surface area contributed by atoms with Crippen molar-refractivity contribution in [2.45, 2.75) is 31.2 Å². The van der Waals surface area contributed by atoms with Crippen LogP contribution >= 0.6 is 0 Å². The van der Waals surface area contributed by atoms with E-state index in [2.05, 4.69) is 10.2 Å². The maximum absolute atomic E-state index is 9.77. The first-order valence-corrected chi connectivity index (χ1v) is 5.94. The van der Waals surface area contributed by atoms with Crippen LogP contribution in [0.15, 0.2) is 0 Å². The van der Waals surface area contributed by atoms with Crippen molar-refractivity contribution in [1.82, 2.24) is 10.2 Å². The molecule has 96 valence electrons. The third-order valence-corrected chi connectivity index (χ3v) is 2.79. The van der Waals surface area contributed by atoms with Crippen LogP contribution in [0.1, 0.15) is 12.8 Å². The van der Waals surface area contributed by atoms with Crippen molar-refractivity contribution in [2.75, 3.05) is 40.3 Å². The van der Waals surface area contributed by atoms with Gasteiger partial charge in [0.15, 0.2) is 0 Å². The molecule has 5 heteroatoms. The lowest BCUT2D eigenvalue weighted by Crippen LogP contribution is -2.41. The highest BCUT2D eigenvalue weighted by atomic mass is 16.5. The van der Waals surface area contributed by atoms with E-state index in [4.69, 9.17) is 4.74 Å². The molecule has 5 nitrogen and oxygen atoms in total. The molecule has 16 heavy (non-hydrogen) atoms. The minimum atomic E-state index is -0.614. The molecular formula is C11H24N2O3. The Kier molecular flexibility index (Phi) is 6.23. The van der Waals surface area contributed by atoms with Gasteiger partial charge in [0.1, 0.15) is 6.10 Å². The average molecular weight is 232 g/mol. The molecule has 1 aliphatic rings. The van der Waals surface area contributed by atoms with Gasteiger partial charge in [-0.3, -0.25) is 0 Å². The molecule has 1 aliphatic heterocycles. The predicted octanol–water partition coefficient (Wildman–Crippen LogP) is -0.962. The Morgan fingerprint density at radius 1 is 1.50 bits per heavy atom. The number of rotatable bonds is 7. The Hall–Kier alpha value is -0.200. The van der Waals surface area contributed by atoms with E-state index in [0.29, 0.717) is 19.6 Å². The molecular weight excluding hydrogens is 208 g/mol. The maximum atomic E-state index is 9.77. The van der Waals surface area contributed by atoms with Crippen LogP contribution in [0.25, 0.3) is 0 Å². The standard InChI is InChI=1S/C11H24N2O3/c1-13(2)6-3-5-12-8-10(15)11-9(14)4-7-16-11/h9-12,14-15H,3-8H2,1-2H3/t9-,10-,11?/m1/s1. The maximum Gasteiger partial charge on any atom is 0.110 e. The number of hydrogen-bond donors (Lipinski definition) is 3. The molecule has 0 aromatic carbocycles. The molecule has 1 rings (SSSR count). The third-order valence-electron chi connectivity index (χ3n) is 2.79. The first kappa shape index (κ1) is 13.9. The highest BCUT2D eigenvalue weighted by Crippen LogP contribution is 2.16. The fourth-order valence-corrected chi connectivity index (χ4v) is 1.85. The Morgan fingerprint density at radius 2 is 2.25 bits per heavy atom. The van der Waals surface area contributed by atoms with Crippen LogP contribution in [0.4, 0.5) is 0 Å². The first-order valence-electron chi connectivity index (χ1n) is 5.94. The molecule has 0 bridgehead atoms. The topological polar surface area (TPSA) is 65.0 Å². The molecule has 0 aliphatic carbocycles. The second kappa shape index (κ2) is 7.19. The Bertz CT molecular complexity index is 190. The van der Waals surface area contributed by atoms with Gasteiger partial charge in [-0.25, -0.2) is 0 Å². The fraction of sp³-hybridized carbons (Fsp3) is 1.00. The normalized spacial score (nSPS) is 27.6. The zero-order chi connectivity index (χ0) is 12.0. The highest BCUT2D eigenvalue weighted by Gasteiger charge is 2.32. The highest BCUT2D eigenvalue weighted by molar-refractivity contribution is 4.82. The van der Waals surface area contributed by atoms with E-state index in [0.717, 1.165) is 19.5 Å². The quantitative estimate of drug-likeness (QED) is 0.493. The summed E-state index contributed by atoms with van der Waals surface area (Å²) in [6.07, 6.45) is 0.132. The van der Waals surface area contributed by atoms with Gasteiger partial charge in [0.25, 0.3) is 0 Å². The van der Waals surface area contributed by atoms with Crippen molar-refractivity contribution >= 4 is 0 Å². The number of aliphatic hydroxyl groups is 2. The van der Waals surface area contributed by atoms with E-state index in [1.807, 2.05) is 14.1 Å². The number of hydrogen-bond acceptors (Lipinski definition) is 5. The van der Waals surface area contributed by atoms with Crippen molar-refractivity contribution in [2.24, 2.45) is 0 Å². The van der Waals surface area contributed by atoms with Gasteiger partial charge in [0.05, 0.1) is 12.2 Å². The van der Waals surface area contributed by atoms with Gasteiger partial charge in [0.2, 0.25) is 0 Å². The van der Waals surface area contributed by atoms with E-state index >= 15 is 0 Å². The van der Waals surface area contributed by atoms with E-state index in [-0.39, 0.29) is 0 Å². The minimum absolute atomic E-state index is 0.415. The van der Waals surface area contributed by atoms with Crippen LogP contribution < -0.4 is 5.32 Å². The summed E-state index contributed by atoms with van der Waals surface area (Å²) in [4.78, 5) is 2.13. The Labute approximate surface area is 97.4 Å². The first-order chi connectivity index (χ1) is 7.61. The van der Waals surface area contributed by atoms with Gasteiger partial charge in [-0.05, 0) is 40.0 Å². The fourth-order valence-electron chi connectivity index (χ4n) is 1.85. The van der Waals surface area contributed by atoms with Gasteiger partial charge in [-0.1, -0.05) is 0 Å². The van der Waals surface area contributed by atoms with Gasteiger partial charge in [-0.15, -0.1) is 0 Å². The zero-order valence-electron chi connectivity index (χ0n) is 10.2. The van der Waals surface area contributed by atoms with Crippen LogP contribution in [0.2, 0.25) is 0 Å². The molecule has 1 heterocycles. The molecule has 1 unspecified atom stereocenters. The van der Waals surface area contributed by atoms with Crippen LogP contribution in [0, 0.1) is 0 Å². The average Bonchev–Trinajstić information content (AvgIpc) is 2.63. The SMILES string of the molecule is CN(C)CCCNC[C@@H](O)C1OCC[C@H]1O. The van der Waals surface area contributed by atoms with Gasteiger partial charge >= 0.3 is 0 Å². The molecule has 3 atom stereocenters. The Balaban J connectivity index is 2.04. The molecule has 0 aromatic heterocycles. The number of nitrogens with zero attached hydrogens (tertiary/aromatic N) is 1. The summed E-state index contributed by atoms with van der Waals surface area (Å²) in [6, 6.07) is 0. The molecule has 3 N–H and O–H groups in total. The molecule has 0 saturated carbocycles. The molecule has 1 fully saturated rings. The van der Waals surface area contributed by atoms with Crippen LogP contribution in [-0.2, 0) is 4.74 Å². The smallest absolute Gasteiger partial charge is 0.110 e. The largest absolute Gasteiger partial charge is 0.390 e. The van der Waals surface area contributed by atoms with E-state index < -0.39 is 18.3 Å². The zero-order valence-corrected chi connectivity index (χ0v) is 10.2. The van der Waals surface area contributed by atoms with Crippen molar-refractivity contribution in [3.63, 3.8) is 0 Å². The summed E-state index contributed by atoms with van der Waals surface area (Å²) >= 11 is 0. The monoisotopic (exact) mass is 232 g/mol. The summed E-state index contributed by atoms with van der Waals surface area (Å²) in [5.74, 6) is 0. The third kappa shape index (κ3) is 4.76. The molecule has 0 amide bonds. The van der Waals surface area contributed by atoms with E-state index in [1.165, 1.54) is 0 Å².